The van der Waals surface area contributed by atoms with E-state index in [9.17, 15) is 0 Å². The van der Waals surface area contributed by atoms with Crippen LogP contribution in [-0.4, -0.2) is 5.54 Å². The Hall–Kier alpha value is -0.560. The summed E-state index contributed by atoms with van der Waals surface area (Å²) in [5, 5.41) is 0. The lowest BCUT2D eigenvalue weighted by Gasteiger charge is -2.22. The molecule has 1 aliphatic rings. The van der Waals surface area contributed by atoms with Crippen molar-refractivity contribution in [1.82, 2.24) is 0 Å². The highest BCUT2D eigenvalue weighted by atomic mass is 14.7. The second kappa shape index (κ2) is 1.99. The SMILES string of the molecule is CC1=CC=CC(C)(N)C1. The van der Waals surface area contributed by atoms with E-state index < -0.39 is 0 Å². The average molecular weight is 123 g/mol. The fraction of sp³-hybridized carbons (Fsp3) is 0.500. The van der Waals surface area contributed by atoms with Gasteiger partial charge in [-0.1, -0.05) is 23.8 Å². The fourth-order valence-corrected chi connectivity index (χ4v) is 1.15. The fourth-order valence-electron chi connectivity index (χ4n) is 1.15. The molecule has 0 amide bonds. The normalized spacial score (nSPS) is 34.3. The molecule has 0 saturated heterocycles. The Balaban J connectivity index is 2.73. The Morgan fingerprint density at radius 1 is 1.67 bits per heavy atom. The van der Waals surface area contributed by atoms with Crippen molar-refractivity contribution in [2.75, 3.05) is 0 Å². The van der Waals surface area contributed by atoms with Gasteiger partial charge in [0.1, 0.15) is 0 Å². The zero-order valence-electron chi connectivity index (χ0n) is 6.02. The molecule has 0 aliphatic heterocycles. The van der Waals surface area contributed by atoms with Crippen molar-refractivity contribution < 1.29 is 0 Å². The topological polar surface area (TPSA) is 26.0 Å². The van der Waals surface area contributed by atoms with Gasteiger partial charge in [-0.3, -0.25) is 0 Å². The van der Waals surface area contributed by atoms with Gasteiger partial charge in [0.2, 0.25) is 0 Å². The number of hydrogen-bond donors (Lipinski definition) is 1. The highest BCUT2D eigenvalue weighted by molar-refractivity contribution is 5.24. The van der Waals surface area contributed by atoms with Crippen molar-refractivity contribution >= 4 is 0 Å². The molecule has 9 heavy (non-hydrogen) atoms. The van der Waals surface area contributed by atoms with Crippen molar-refractivity contribution in [2.24, 2.45) is 5.73 Å². The molecule has 0 spiro atoms. The van der Waals surface area contributed by atoms with E-state index in [1.165, 1.54) is 5.57 Å². The summed E-state index contributed by atoms with van der Waals surface area (Å²) in [6, 6.07) is 0. The molecular formula is C8H13N. The van der Waals surface area contributed by atoms with Gasteiger partial charge in [-0.15, -0.1) is 0 Å². The van der Waals surface area contributed by atoms with Crippen LogP contribution in [0.4, 0.5) is 0 Å². The first kappa shape index (κ1) is 6.56. The first-order chi connectivity index (χ1) is 4.10. The van der Waals surface area contributed by atoms with Crippen LogP contribution in [0.1, 0.15) is 20.3 Å². The molecule has 0 saturated carbocycles. The molecule has 1 aliphatic carbocycles. The third-order valence-corrected chi connectivity index (χ3v) is 1.52. The van der Waals surface area contributed by atoms with Crippen LogP contribution >= 0.6 is 0 Å². The maximum atomic E-state index is 5.84. The molecule has 1 atom stereocenters. The van der Waals surface area contributed by atoms with E-state index in [-0.39, 0.29) is 5.54 Å². The van der Waals surface area contributed by atoms with Gasteiger partial charge in [0.25, 0.3) is 0 Å². The van der Waals surface area contributed by atoms with Crippen LogP contribution in [0.25, 0.3) is 0 Å². The van der Waals surface area contributed by atoms with Crippen LogP contribution in [-0.2, 0) is 0 Å². The van der Waals surface area contributed by atoms with Gasteiger partial charge in [-0.05, 0) is 20.3 Å². The molecule has 1 heteroatoms. The van der Waals surface area contributed by atoms with Gasteiger partial charge in [-0.2, -0.15) is 0 Å². The summed E-state index contributed by atoms with van der Waals surface area (Å²) in [5.74, 6) is 0. The van der Waals surface area contributed by atoms with Gasteiger partial charge in [0.15, 0.2) is 0 Å². The van der Waals surface area contributed by atoms with E-state index in [0.29, 0.717) is 0 Å². The van der Waals surface area contributed by atoms with Crippen LogP contribution in [0.5, 0.6) is 0 Å². The lowest BCUT2D eigenvalue weighted by Crippen LogP contribution is -2.34. The zero-order valence-corrected chi connectivity index (χ0v) is 6.02. The third-order valence-electron chi connectivity index (χ3n) is 1.52. The van der Waals surface area contributed by atoms with Crippen LogP contribution in [0.2, 0.25) is 0 Å². The minimum Gasteiger partial charge on any atom is -0.322 e. The first-order valence-electron chi connectivity index (χ1n) is 3.24. The molecule has 0 fully saturated rings. The Morgan fingerprint density at radius 3 is 2.67 bits per heavy atom. The second-order valence-electron chi connectivity index (χ2n) is 3.05. The summed E-state index contributed by atoms with van der Waals surface area (Å²) in [5.41, 5.74) is 7.11. The maximum absolute atomic E-state index is 5.84. The van der Waals surface area contributed by atoms with E-state index in [0.717, 1.165) is 6.42 Å². The van der Waals surface area contributed by atoms with Crippen LogP contribution in [0.3, 0.4) is 0 Å². The van der Waals surface area contributed by atoms with Crippen LogP contribution in [0.15, 0.2) is 23.8 Å². The largest absolute Gasteiger partial charge is 0.322 e. The maximum Gasteiger partial charge on any atom is 0.0351 e. The van der Waals surface area contributed by atoms with Crippen molar-refractivity contribution in [1.29, 1.82) is 0 Å². The minimum absolute atomic E-state index is 0.0984. The van der Waals surface area contributed by atoms with Gasteiger partial charge in [-0.25, -0.2) is 0 Å². The predicted octanol–water partition coefficient (Wildman–Crippen LogP) is 1.61. The predicted molar refractivity (Wildman–Crippen MR) is 40.1 cm³/mol. The zero-order chi connectivity index (χ0) is 6.91. The lowest BCUT2D eigenvalue weighted by molar-refractivity contribution is 0.572. The molecule has 0 aromatic carbocycles. The molecule has 2 N–H and O–H groups in total. The molecule has 0 aromatic heterocycles. The van der Waals surface area contributed by atoms with Crippen LogP contribution < -0.4 is 5.73 Å². The third kappa shape index (κ3) is 1.68. The number of hydrogen-bond acceptors (Lipinski definition) is 1. The molecule has 0 bridgehead atoms. The molecule has 0 radical (unpaired) electrons. The van der Waals surface area contributed by atoms with Crippen molar-refractivity contribution in [2.45, 2.75) is 25.8 Å². The van der Waals surface area contributed by atoms with E-state index in [1.807, 2.05) is 19.1 Å². The van der Waals surface area contributed by atoms with Gasteiger partial charge < -0.3 is 5.73 Å². The average Bonchev–Trinajstić information content (AvgIpc) is 1.60. The second-order valence-corrected chi connectivity index (χ2v) is 3.05. The molecule has 1 nitrogen and oxygen atoms in total. The number of rotatable bonds is 0. The Morgan fingerprint density at radius 2 is 2.33 bits per heavy atom. The molecule has 0 aromatic rings. The van der Waals surface area contributed by atoms with Gasteiger partial charge >= 0.3 is 0 Å². The summed E-state index contributed by atoms with van der Waals surface area (Å²) in [7, 11) is 0. The van der Waals surface area contributed by atoms with Crippen LogP contribution in [0, 0.1) is 0 Å². The Labute approximate surface area is 56.2 Å². The lowest BCUT2D eigenvalue weighted by atomic mass is 9.90. The molecular weight excluding hydrogens is 110 g/mol. The minimum atomic E-state index is -0.0984. The molecule has 0 heterocycles. The summed E-state index contributed by atoms with van der Waals surface area (Å²) in [4.78, 5) is 0. The van der Waals surface area contributed by atoms with E-state index >= 15 is 0 Å². The van der Waals surface area contributed by atoms with Gasteiger partial charge in [0.05, 0.1) is 0 Å². The van der Waals surface area contributed by atoms with E-state index in [1.54, 1.807) is 0 Å². The number of nitrogens with two attached hydrogens (primary N) is 1. The highest BCUT2D eigenvalue weighted by Gasteiger charge is 2.16. The summed E-state index contributed by atoms with van der Waals surface area (Å²) in [6.07, 6.45) is 7.16. The first-order valence-corrected chi connectivity index (χ1v) is 3.24. The Bertz CT molecular complexity index is 163. The molecule has 1 rings (SSSR count). The molecule has 50 valence electrons. The van der Waals surface area contributed by atoms with Crippen molar-refractivity contribution in [3.8, 4) is 0 Å². The van der Waals surface area contributed by atoms with Gasteiger partial charge in [0, 0.05) is 5.54 Å². The summed E-state index contributed by atoms with van der Waals surface area (Å²) < 4.78 is 0. The smallest absolute Gasteiger partial charge is 0.0351 e. The standard InChI is InChI=1S/C8H13N/c1-7-4-3-5-8(2,9)6-7/h3-5H,6,9H2,1-2H3. The number of allylic oxidation sites excluding steroid dienone is 2. The molecule has 1 unspecified atom stereocenters. The monoisotopic (exact) mass is 123 g/mol. The van der Waals surface area contributed by atoms with E-state index in [4.69, 9.17) is 5.73 Å². The van der Waals surface area contributed by atoms with Crippen molar-refractivity contribution in [3.05, 3.63) is 23.8 Å². The van der Waals surface area contributed by atoms with E-state index in [2.05, 4.69) is 13.0 Å². The van der Waals surface area contributed by atoms with Crippen molar-refractivity contribution in [3.63, 3.8) is 0 Å². The quantitative estimate of drug-likeness (QED) is 0.520. The Kier molecular flexibility index (Phi) is 1.45. The summed E-state index contributed by atoms with van der Waals surface area (Å²) >= 11 is 0. The highest BCUT2D eigenvalue weighted by Crippen LogP contribution is 2.18. The summed E-state index contributed by atoms with van der Waals surface area (Å²) in [6.45, 7) is 4.15.